The van der Waals surface area contributed by atoms with E-state index in [-0.39, 0.29) is 11.6 Å². The summed E-state index contributed by atoms with van der Waals surface area (Å²) in [5, 5.41) is 9.49. The monoisotopic (exact) mass is 266 g/mol. The molecule has 0 aromatic heterocycles. The molecule has 1 aliphatic heterocycles. The van der Waals surface area contributed by atoms with E-state index in [1.54, 1.807) is 17.0 Å². The molecule has 1 fully saturated rings. The van der Waals surface area contributed by atoms with Gasteiger partial charge in [0.15, 0.2) is 0 Å². The summed E-state index contributed by atoms with van der Waals surface area (Å²) < 4.78 is 10.3. The summed E-state index contributed by atoms with van der Waals surface area (Å²) >= 11 is 0. The number of hydrogen-bond acceptors (Lipinski definition) is 5. The van der Waals surface area contributed by atoms with Crippen LogP contribution in [0.1, 0.15) is 16.8 Å². The SMILES string of the molecule is COc1cc(OC)c(N)c(C(=O)N2CCC(O)C2)c1. The minimum atomic E-state index is -0.460. The first-order chi connectivity index (χ1) is 9.06. The molecule has 1 amide bonds. The molecule has 0 aliphatic carbocycles. The lowest BCUT2D eigenvalue weighted by atomic mass is 10.1. The second-order valence-electron chi connectivity index (χ2n) is 4.48. The van der Waals surface area contributed by atoms with E-state index in [0.717, 1.165) is 0 Å². The molecule has 6 nitrogen and oxygen atoms in total. The molecule has 1 heterocycles. The zero-order valence-corrected chi connectivity index (χ0v) is 11.0. The number of hydrogen-bond donors (Lipinski definition) is 2. The van der Waals surface area contributed by atoms with Crippen LogP contribution < -0.4 is 15.2 Å². The lowest BCUT2D eigenvalue weighted by Gasteiger charge is -2.18. The molecule has 1 saturated heterocycles. The number of anilines is 1. The maximum atomic E-state index is 12.4. The molecule has 3 N–H and O–H groups in total. The Morgan fingerprint density at radius 2 is 2.16 bits per heavy atom. The highest BCUT2D eigenvalue weighted by molar-refractivity contribution is 6.01. The van der Waals surface area contributed by atoms with Crippen molar-refractivity contribution in [1.29, 1.82) is 0 Å². The molecular weight excluding hydrogens is 248 g/mol. The Bertz CT molecular complexity index is 490. The molecule has 19 heavy (non-hydrogen) atoms. The number of β-amino-alcohol motifs (C(OH)–C–C–N with tert-alkyl or cyclic N) is 1. The molecule has 104 valence electrons. The molecule has 0 radical (unpaired) electrons. The summed E-state index contributed by atoms with van der Waals surface area (Å²) in [6.45, 7) is 0.858. The number of likely N-dealkylation sites (tertiary alicyclic amines) is 1. The Labute approximate surface area is 111 Å². The molecule has 1 aromatic carbocycles. The Hall–Kier alpha value is -1.95. The fourth-order valence-electron chi connectivity index (χ4n) is 2.16. The molecular formula is C13H18N2O4. The summed E-state index contributed by atoms with van der Waals surface area (Å²) in [5.41, 5.74) is 6.56. The topological polar surface area (TPSA) is 85.0 Å². The van der Waals surface area contributed by atoms with Gasteiger partial charge in [-0.05, 0) is 12.5 Å². The number of carbonyl (C=O) groups excluding carboxylic acids is 1. The first kappa shape index (κ1) is 13.5. The fraction of sp³-hybridized carbons (Fsp3) is 0.462. The van der Waals surface area contributed by atoms with Crippen molar-refractivity contribution in [2.24, 2.45) is 0 Å². The lowest BCUT2D eigenvalue weighted by molar-refractivity contribution is 0.0765. The maximum absolute atomic E-state index is 12.4. The van der Waals surface area contributed by atoms with E-state index in [2.05, 4.69) is 0 Å². The Morgan fingerprint density at radius 1 is 1.42 bits per heavy atom. The maximum Gasteiger partial charge on any atom is 0.256 e. The van der Waals surface area contributed by atoms with E-state index >= 15 is 0 Å². The number of aliphatic hydroxyl groups is 1. The van der Waals surface area contributed by atoms with Gasteiger partial charge in [0, 0.05) is 19.2 Å². The molecule has 1 atom stereocenters. The van der Waals surface area contributed by atoms with Crippen molar-refractivity contribution >= 4 is 11.6 Å². The van der Waals surface area contributed by atoms with Crippen LogP contribution in [0.2, 0.25) is 0 Å². The second-order valence-corrected chi connectivity index (χ2v) is 4.48. The molecule has 0 spiro atoms. The average Bonchev–Trinajstić information content (AvgIpc) is 2.85. The molecule has 1 aliphatic rings. The van der Waals surface area contributed by atoms with Gasteiger partial charge in [-0.15, -0.1) is 0 Å². The summed E-state index contributed by atoms with van der Waals surface area (Å²) in [7, 11) is 3.00. The van der Waals surface area contributed by atoms with Gasteiger partial charge >= 0.3 is 0 Å². The smallest absolute Gasteiger partial charge is 0.256 e. The highest BCUT2D eigenvalue weighted by Crippen LogP contribution is 2.32. The van der Waals surface area contributed by atoms with E-state index in [4.69, 9.17) is 15.2 Å². The number of nitrogen functional groups attached to an aromatic ring is 1. The number of amides is 1. The number of nitrogens with two attached hydrogens (primary N) is 1. The number of benzene rings is 1. The number of nitrogens with zero attached hydrogens (tertiary/aromatic N) is 1. The molecule has 0 bridgehead atoms. The predicted octanol–water partition coefficient (Wildman–Crippen LogP) is 0.493. The first-order valence-corrected chi connectivity index (χ1v) is 6.05. The van der Waals surface area contributed by atoms with Gasteiger partial charge in [-0.2, -0.15) is 0 Å². The third kappa shape index (κ3) is 2.58. The number of aliphatic hydroxyl groups excluding tert-OH is 1. The number of rotatable bonds is 3. The van der Waals surface area contributed by atoms with Crippen LogP contribution in [0.4, 0.5) is 5.69 Å². The van der Waals surface area contributed by atoms with E-state index in [1.807, 2.05) is 0 Å². The normalized spacial score (nSPS) is 18.5. The third-order valence-electron chi connectivity index (χ3n) is 3.25. The molecule has 1 unspecified atom stereocenters. The Morgan fingerprint density at radius 3 is 2.68 bits per heavy atom. The molecule has 0 saturated carbocycles. The lowest BCUT2D eigenvalue weighted by Crippen LogP contribution is -2.30. The van der Waals surface area contributed by atoms with Crippen LogP contribution in [0.5, 0.6) is 11.5 Å². The fourth-order valence-corrected chi connectivity index (χ4v) is 2.16. The van der Waals surface area contributed by atoms with Crippen LogP contribution in [0.15, 0.2) is 12.1 Å². The van der Waals surface area contributed by atoms with Crippen LogP contribution in [0.3, 0.4) is 0 Å². The number of methoxy groups -OCH3 is 2. The summed E-state index contributed by atoms with van der Waals surface area (Å²) in [5.74, 6) is 0.697. The van der Waals surface area contributed by atoms with Crippen molar-refractivity contribution in [2.75, 3.05) is 33.0 Å². The van der Waals surface area contributed by atoms with Crippen LogP contribution in [-0.4, -0.2) is 49.3 Å². The van der Waals surface area contributed by atoms with Gasteiger partial charge < -0.3 is 25.2 Å². The predicted molar refractivity (Wildman–Crippen MR) is 70.5 cm³/mol. The van der Waals surface area contributed by atoms with Gasteiger partial charge in [0.2, 0.25) is 0 Å². The van der Waals surface area contributed by atoms with Crippen LogP contribution in [0.25, 0.3) is 0 Å². The van der Waals surface area contributed by atoms with Crippen molar-refractivity contribution in [3.63, 3.8) is 0 Å². The van der Waals surface area contributed by atoms with Gasteiger partial charge in [0.1, 0.15) is 11.5 Å². The molecule has 6 heteroatoms. The largest absolute Gasteiger partial charge is 0.497 e. The number of carbonyl (C=O) groups is 1. The van der Waals surface area contributed by atoms with Crippen molar-refractivity contribution in [3.8, 4) is 11.5 Å². The van der Waals surface area contributed by atoms with Crippen molar-refractivity contribution in [1.82, 2.24) is 4.90 Å². The van der Waals surface area contributed by atoms with Crippen molar-refractivity contribution in [3.05, 3.63) is 17.7 Å². The first-order valence-electron chi connectivity index (χ1n) is 6.05. The van der Waals surface area contributed by atoms with Crippen LogP contribution in [0, 0.1) is 0 Å². The zero-order valence-electron chi connectivity index (χ0n) is 11.0. The minimum Gasteiger partial charge on any atom is -0.497 e. The molecule has 1 aromatic rings. The Balaban J connectivity index is 2.35. The van der Waals surface area contributed by atoms with Gasteiger partial charge in [0.25, 0.3) is 5.91 Å². The van der Waals surface area contributed by atoms with E-state index < -0.39 is 6.10 Å². The zero-order chi connectivity index (χ0) is 14.0. The second kappa shape index (κ2) is 5.36. The average molecular weight is 266 g/mol. The highest BCUT2D eigenvalue weighted by atomic mass is 16.5. The summed E-state index contributed by atoms with van der Waals surface area (Å²) in [6, 6.07) is 3.22. The minimum absolute atomic E-state index is 0.216. The van der Waals surface area contributed by atoms with Crippen molar-refractivity contribution in [2.45, 2.75) is 12.5 Å². The number of ether oxygens (including phenoxy) is 2. The van der Waals surface area contributed by atoms with Crippen LogP contribution in [-0.2, 0) is 0 Å². The highest BCUT2D eigenvalue weighted by Gasteiger charge is 2.27. The third-order valence-corrected chi connectivity index (χ3v) is 3.25. The van der Waals surface area contributed by atoms with Gasteiger partial charge in [-0.3, -0.25) is 4.79 Å². The van der Waals surface area contributed by atoms with Crippen molar-refractivity contribution < 1.29 is 19.4 Å². The van der Waals surface area contributed by atoms with Gasteiger partial charge in [0.05, 0.1) is 31.6 Å². The standard InChI is InChI=1S/C13H18N2O4/c1-18-9-5-10(12(14)11(6-9)19-2)13(17)15-4-3-8(16)7-15/h5-6,8,16H,3-4,7,14H2,1-2H3. The van der Waals surface area contributed by atoms with E-state index in [9.17, 15) is 9.90 Å². The van der Waals surface area contributed by atoms with Crippen LogP contribution >= 0.6 is 0 Å². The quantitative estimate of drug-likeness (QED) is 0.778. The van der Waals surface area contributed by atoms with Gasteiger partial charge in [-0.25, -0.2) is 0 Å². The van der Waals surface area contributed by atoms with E-state index in [0.29, 0.717) is 36.6 Å². The molecule has 2 rings (SSSR count). The van der Waals surface area contributed by atoms with E-state index in [1.165, 1.54) is 14.2 Å². The Kier molecular flexibility index (Phi) is 3.80. The van der Waals surface area contributed by atoms with Gasteiger partial charge in [-0.1, -0.05) is 0 Å². The summed E-state index contributed by atoms with van der Waals surface area (Å²) in [4.78, 5) is 14.0. The summed E-state index contributed by atoms with van der Waals surface area (Å²) in [6.07, 6.45) is 0.130.